The highest BCUT2D eigenvalue weighted by atomic mass is 16.5. The summed E-state index contributed by atoms with van der Waals surface area (Å²) in [6.07, 6.45) is 0.722. The molecule has 0 unspecified atom stereocenters. The van der Waals surface area contributed by atoms with Gasteiger partial charge in [-0.2, -0.15) is 0 Å². The van der Waals surface area contributed by atoms with Crippen LogP contribution in [0.15, 0.2) is 0 Å². The topological polar surface area (TPSA) is 55.8 Å². The summed E-state index contributed by atoms with van der Waals surface area (Å²) in [5, 5.41) is 9.52. The molecule has 1 saturated carbocycles. The lowest BCUT2D eigenvalue weighted by Gasteiger charge is -2.40. The molecule has 0 atom stereocenters. The number of carbonyl (C=O) groups is 1. The standard InChI is InChI=1S/C8H14O4/c1-3-12-6-4-8(10,5-6)7(9)11-2/h6,10H,3-5H2,1-2H3. The fraction of sp³-hybridized carbons (Fsp3) is 0.875. The van der Waals surface area contributed by atoms with Crippen molar-refractivity contribution in [1.29, 1.82) is 0 Å². The van der Waals surface area contributed by atoms with Gasteiger partial charge in [0.05, 0.1) is 13.2 Å². The third kappa shape index (κ3) is 1.59. The van der Waals surface area contributed by atoms with E-state index in [0.717, 1.165) is 0 Å². The van der Waals surface area contributed by atoms with Gasteiger partial charge in [-0.3, -0.25) is 0 Å². The maximum atomic E-state index is 10.9. The Morgan fingerprint density at radius 3 is 2.67 bits per heavy atom. The summed E-state index contributed by atoms with van der Waals surface area (Å²) in [4.78, 5) is 10.9. The summed E-state index contributed by atoms with van der Waals surface area (Å²) in [5.41, 5.74) is -1.28. The van der Waals surface area contributed by atoms with Gasteiger partial charge in [-0.05, 0) is 6.92 Å². The van der Waals surface area contributed by atoms with E-state index in [1.807, 2.05) is 6.92 Å². The normalized spacial score (nSPS) is 34.1. The van der Waals surface area contributed by atoms with E-state index in [4.69, 9.17) is 4.74 Å². The van der Waals surface area contributed by atoms with Crippen LogP contribution in [0.4, 0.5) is 0 Å². The lowest BCUT2D eigenvalue weighted by Crippen LogP contribution is -2.54. The first-order chi connectivity index (χ1) is 5.62. The van der Waals surface area contributed by atoms with E-state index in [1.165, 1.54) is 7.11 Å². The molecule has 12 heavy (non-hydrogen) atoms. The lowest BCUT2D eigenvalue weighted by atomic mass is 9.77. The van der Waals surface area contributed by atoms with Crippen LogP contribution >= 0.6 is 0 Å². The number of aliphatic hydroxyl groups is 1. The number of methoxy groups -OCH3 is 1. The molecule has 0 radical (unpaired) electrons. The van der Waals surface area contributed by atoms with Gasteiger partial charge in [0.1, 0.15) is 0 Å². The van der Waals surface area contributed by atoms with E-state index in [2.05, 4.69) is 4.74 Å². The van der Waals surface area contributed by atoms with E-state index in [0.29, 0.717) is 19.4 Å². The summed E-state index contributed by atoms with van der Waals surface area (Å²) in [7, 11) is 1.27. The molecule has 4 heteroatoms. The molecule has 0 aromatic carbocycles. The first-order valence-electron chi connectivity index (χ1n) is 4.05. The maximum absolute atomic E-state index is 10.9. The molecule has 0 aromatic heterocycles. The average Bonchev–Trinajstić information content (AvgIpc) is 2.00. The van der Waals surface area contributed by atoms with Crippen molar-refractivity contribution in [3.05, 3.63) is 0 Å². The number of hydrogen-bond acceptors (Lipinski definition) is 4. The highest BCUT2D eigenvalue weighted by Crippen LogP contribution is 2.35. The Balaban J connectivity index is 2.34. The molecule has 1 aliphatic rings. The summed E-state index contributed by atoms with van der Waals surface area (Å²) >= 11 is 0. The molecule has 0 saturated heterocycles. The first-order valence-corrected chi connectivity index (χ1v) is 4.05. The summed E-state index contributed by atoms with van der Waals surface area (Å²) in [6, 6.07) is 0. The second-order valence-corrected chi connectivity index (χ2v) is 3.01. The van der Waals surface area contributed by atoms with Crippen LogP contribution in [0.5, 0.6) is 0 Å². The van der Waals surface area contributed by atoms with Crippen LogP contribution in [0.2, 0.25) is 0 Å². The fourth-order valence-electron chi connectivity index (χ4n) is 1.40. The molecule has 0 spiro atoms. The minimum atomic E-state index is -1.28. The molecular weight excluding hydrogens is 160 g/mol. The van der Waals surface area contributed by atoms with Crippen molar-refractivity contribution in [2.75, 3.05) is 13.7 Å². The fourth-order valence-corrected chi connectivity index (χ4v) is 1.40. The van der Waals surface area contributed by atoms with Gasteiger partial charge in [-0.15, -0.1) is 0 Å². The Morgan fingerprint density at radius 2 is 2.25 bits per heavy atom. The molecule has 0 heterocycles. The van der Waals surface area contributed by atoms with E-state index in [1.54, 1.807) is 0 Å². The largest absolute Gasteiger partial charge is 0.467 e. The molecule has 1 N–H and O–H groups in total. The minimum Gasteiger partial charge on any atom is -0.467 e. The van der Waals surface area contributed by atoms with E-state index >= 15 is 0 Å². The second-order valence-electron chi connectivity index (χ2n) is 3.01. The van der Waals surface area contributed by atoms with E-state index in [9.17, 15) is 9.90 Å². The van der Waals surface area contributed by atoms with Crippen LogP contribution in [-0.2, 0) is 14.3 Å². The molecule has 0 amide bonds. The van der Waals surface area contributed by atoms with Crippen LogP contribution in [0.3, 0.4) is 0 Å². The Kier molecular flexibility index (Phi) is 2.69. The zero-order valence-electron chi connectivity index (χ0n) is 7.37. The van der Waals surface area contributed by atoms with Gasteiger partial charge in [0.15, 0.2) is 5.60 Å². The molecule has 1 fully saturated rings. The Bertz CT molecular complexity index is 172. The first kappa shape index (κ1) is 9.48. The van der Waals surface area contributed by atoms with Crippen molar-refractivity contribution in [3.8, 4) is 0 Å². The molecule has 0 aromatic rings. The van der Waals surface area contributed by atoms with E-state index in [-0.39, 0.29) is 6.10 Å². The zero-order valence-corrected chi connectivity index (χ0v) is 7.37. The van der Waals surface area contributed by atoms with Crippen LogP contribution in [0.25, 0.3) is 0 Å². The van der Waals surface area contributed by atoms with Gasteiger partial charge in [0.25, 0.3) is 0 Å². The van der Waals surface area contributed by atoms with Crippen LogP contribution in [0, 0.1) is 0 Å². The van der Waals surface area contributed by atoms with Crippen molar-refractivity contribution in [2.24, 2.45) is 0 Å². The molecule has 1 rings (SSSR count). The Hall–Kier alpha value is -0.610. The third-order valence-electron chi connectivity index (χ3n) is 2.10. The van der Waals surface area contributed by atoms with Crippen molar-refractivity contribution in [1.82, 2.24) is 0 Å². The predicted molar refractivity (Wildman–Crippen MR) is 41.6 cm³/mol. The summed E-state index contributed by atoms with van der Waals surface area (Å²) in [5.74, 6) is -0.557. The maximum Gasteiger partial charge on any atom is 0.338 e. The molecule has 1 aliphatic carbocycles. The average molecular weight is 174 g/mol. The number of rotatable bonds is 3. The van der Waals surface area contributed by atoms with Crippen molar-refractivity contribution < 1.29 is 19.4 Å². The van der Waals surface area contributed by atoms with E-state index < -0.39 is 11.6 Å². The van der Waals surface area contributed by atoms with Gasteiger partial charge in [0.2, 0.25) is 0 Å². The quantitative estimate of drug-likeness (QED) is 0.616. The highest BCUT2D eigenvalue weighted by molar-refractivity contribution is 5.80. The number of ether oxygens (including phenoxy) is 2. The van der Waals surface area contributed by atoms with Gasteiger partial charge in [0, 0.05) is 19.4 Å². The lowest BCUT2D eigenvalue weighted by molar-refractivity contribution is -0.190. The third-order valence-corrected chi connectivity index (χ3v) is 2.10. The van der Waals surface area contributed by atoms with Crippen molar-refractivity contribution in [3.63, 3.8) is 0 Å². The minimum absolute atomic E-state index is 0.0131. The van der Waals surface area contributed by atoms with Gasteiger partial charge in [-0.25, -0.2) is 4.79 Å². The summed E-state index contributed by atoms with van der Waals surface area (Å²) < 4.78 is 9.64. The van der Waals surface area contributed by atoms with Crippen molar-refractivity contribution in [2.45, 2.75) is 31.5 Å². The zero-order chi connectivity index (χ0) is 9.19. The Morgan fingerprint density at radius 1 is 1.67 bits per heavy atom. The smallest absolute Gasteiger partial charge is 0.338 e. The van der Waals surface area contributed by atoms with Crippen LogP contribution in [-0.4, -0.2) is 36.5 Å². The van der Waals surface area contributed by atoms with Gasteiger partial charge >= 0.3 is 5.97 Å². The number of esters is 1. The number of carbonyl (C=O) groups excluding carboxylic acids is 1. The molecular formula is C8H14O4. The Labute approximate surface area is 71.5 Å². The predicted octanol–water partition coefficient (Wildman–Crippen LogP) is 0.0894. The molecule has 70 valence electrons. The SMILES string of the molecule is CCOC1CC(O)(C(=O)OC)C1. The number of hydrogen-bond donors (Lipinski definition) is 1. The summed E-state index contributed by atoms with van der Waals surface area (Å²) in [6.45, 7) is 2.50. The monoisotopic (exact) mass is 174 g/mol. The molecule has 0 bridgehead atoms. The highest BCUT2D eigenvalue weighted by Gasteiger charge is 2.50. The molecule has 4 nitrogen and oxygen atoms in total. The molecule has 0 aliphatic heterocycles. The van der Waals surface area contributed by atoms with Crippen molar-refractivity contribution >= 4 is 5.97 Å². The van der Waals surface area contributed by atoms with Gasteiger partial charge in [-0.1, -0.05) is 0 Å². The van der Waals surface area contributed by atoms with Crippen LogP contribution < -0.4 is 0 Å². The second kappa shape index (κ2) is 3.41. The van der Waals surface area contributed by atoms with Gasteiger partial charge < -0.3 is 14.6 Å². The van der Waals surface area contributed by atoms with Crippen LogP contribution in [0.1, 0.15) is 19.8 Å².